The summed E-state index contributed by atoms with van der Waals surface area (Å²) >= 11 is 0. The Bertz CT molecular complexity index is 734. The number of hydrogen-bond acceptors (Lipinski definition) is 3. The van der Waals surface area contributed by atoms with Gasteiger partial charge >= 0.3 is 0 Å². The van der Waals surface area contributed by atoms with Crippen molar-refractivity contribution in [2.24, 2.45) is 0 Å². The Morgan fingerprint density at radius 3 is 2.32 bits per heavy atom. The van der Waals surface area contributed by atoms with Gasteiger partial charge in [-0.15, -0.1) is 0 Å². The molecule has 1 aliphatic heterocycles. The number of rotatable bonds is 8. The van der Waals surface area contributed by atoms with Crippen LogP contribution in [-0.4, -0.2) is 43.7 Å². The first-order chi connectivity index (χ1) is 13.7. The summed E-state index contributed by atoms with van der Waals surface area (Å²) in [6.07, 6.45) is 2.34. The Hall–Kier alpha value is -2.17. The summed E-state index contributed by atoms with van der Waals surface area (Å²) in [7, 11) is 0. The highest BCUT2D eigenvalue weighted by atomic mass is 16.5. The van der Waals surface area contributed by atoms with Gasteiger partial charge in [-0.05, 0) is 36.5 Å². The third-order valence-corrected chi connectivity index (χ3v) is 5.51. The molecule has 1 amide bonds. The number of aryl methyl sites for hydroxylation is 3. The molecule has 1 aliphatic rings. The van der Waals surface area contributed by atoms with E-state index < -0.39 is 0 Å². The quantitative estimate of drug-likeness (QED) is 0.760. The monoisotopic (exact) mass is 380 g/mol. The molecule has 0 radical (unpaired) electrons. The van der Waals surface area contributed by atoms with Crippen LogP contribution in [0.25, 0.3) is 0 Å². The molecule has 4 nitrogen and oxygen atoms in total. The molecule has 1 unspecified atom stereocenters. The topological polar surface area (TPSA) is 41.6 Å². The predicted molar refractivity (Wildman–Crippen MR) is 113 cm³/mol. The van der Waals surface area contributed by atoms with Crippen LogP contribution in [0.15, 0.2) is 48.5 Å². The van der Waals surface area contributed by atoms with Crippen molar-refractivity contribution in [3.63, 3.8) is 0 Å². The summed E-state index contributed by atoms with van der Waals surface area (Å²) in [6.45, 7) is 8.20. The number of nitrogens with one attached hydrogen (secondary N) is 1. The summed E-state index contributed by atoms with van der Waals surface area (Å²) in [5, 5.41) is 3.17. The Labute approximate surface area is 168 Å². The van der Waals surface area contributed by atoms with Gasteiger partial charge in [0, 0.05) is 26.1 Å². The molecule has 28 heavy (non-hydrogen) atoms. The standard InChI is InChI=1S/C24H32N2O2/c1-3-20-8-11-22(12-9-20)23(26-14-16-28-17-15-26)18-25-24(27)13-10-21-6-4-19(2)5-7-21/h4-9,11-12,23H,3,10,13-18H2,1-2H3,(H,25,27). The molecule has 0 aliphatic carbocycles. The lowest BCUT2D eigenvalue weighted by atomic mass is 10.0. The van der Waals surface area contributed by atoms with E-state index in [1.54, 1.807) is 0 Å². The maximum atomic E-state index is 12.4. The predicted octanol–water partition coefficient (Wildman–Crippen LogP) is 3.68. The molecule has 1 atom stereocenters. The average molecular weight is 381 g/mol. The van der Waals surface area contributed by atoms with Gasteiger partial charge in [-0.3, -0.25) is 9.69 Å². The molecule has 1 heterocycles. The highest BCUT2D eigenvalue weighted by molar-refractivity contribution is 5.76. The number of hydrogen-bond donors (Lipinski definition) is 1. The first-order valence-corrected chi connectivity index (χ1v) is 10.4. The number of ether oxygens (including phenoxy) is 1. The van der Waals surface area contributed by atoms with E-state index in [9.17, 15) is 4.79 Å². The van der Waals surface area contributed by atoms with Crippen LogP contribution in [0.3, 0.4) is 0 Å². The first kappa shape index (κ1) is 20.6. The van der Waals surface area contributed by atoms with Gasteiger partial charge in [-0.25, -0.2) is 0 Å². The van der Waals surface area contributed by atoms with Gasteiger partial charge in [-0.2, -0.15) is 0 Å². The molecule has 0 spiro atoms. The number of nitrogens with zero attached hydrogens (tertiary/aromatic N) is 1. The molecule has 3 rings (SSSR count). The van der Waals surface area contributed by atoms with Gasteiger partial charge in [-0.1, -0.05) is 61.0 Å². The van der Waals surface area contributed by atoms with Crippen LogP contribution in [0.4, 0.5) is 0 Å². The second-order valence-electron chi connectivity index (χ2n) is 7.55. The van der Waals surface area contributed by atoms with Crippen LogP contribution in [-0.2, 0) is 22.4 Å². The Morgan fingerprint density at radius 2 is 1.68 bits per heavy atom. The van der Waals surface area contributed by atoms with Crippen molar-refractivity contribution in [1.29, 1.82) is 0 Å². The minimum Gasteiger partial charge on any atom is -0.379 e. The van der Waals surface area contributed by atoms with E-state index in [1.807, 2.05) is 0 Å². The Kier molecular flexibility index (Phi) is 7.63. The van der Waals surface area contributed by atoms with Gasteiger partial charge in [0.25, 0.3) is 0 Å². The zero-order chi connectivity index (χ0) is 19.8. The highest BCUT2D eigenvalue weighted by Gasteiger charge is 2.23. The minimum absolute atomic E-state index is 0.115. The van der Waals surface area contributed by atoms with Crippen LogP contribution >= 0.6 is 0 Å². The molecule has 150 valence electrons. The molecule has 1 fully saturated rings. The van der Waals surface area contributed by atoms with Crippen LogP contribution in [0, 0.1) is 6.92 Å². The Morgan fingerprint density at radius 1 is 1.04 bits per heavy atom. The summed E-state index contributed by atoms with van der Waals surface area (Å²) in [5.74, 6) is 0.115. The molecule has 1 N–H and O–H groups in total. The molecule has 1 saturated heterocycles. The van der Waals surface area contributed by atoms with E-state index in [2.05, 4.69) is 72.6 Å². The van der Waals surface area contributed by atoms with E-state index >= 15 is 0 Å². The normalized spacial score (nSPS) is 15.9. The molecule has 2 aromatic rings. The SMILES string of the molecule is CCc1ccc(C(CNC(=O)CCc2ccc(C)cc2)N2CCOCC2)cc1. The minimum atomic E-state index is 0.115. The summed E-state index contributed by atoms with van der Waals surface area (Å²) < 4.78 is 5.51. The zero-order valence-corrected chi connectivity index (χ0v) is 17.1. The average Bonchev–Trinajstić information content (AvgIpc) is 2.74. The summed E-state index contributed by atoms with van der Waals surface area (Å²) in [6, 6.07) is 17.4. The third kappa shape index (κ3) is 5.91. The smallest absolute Gasteiger partial charge is 0.220 e. The van der Waals surface area contributed by atoms with E-state index in [0.717, 1.165) is 39.1 Å². The van der Waals surface area contributed by atoms with Crippen molar-refractivity contribution in [2.75, 3.05) is 32.8 Å². The summed E-state index contributed by atoms with van der Waals surface area (Å²) in [5.41, 5.74) is 5.06. The maximum Gasteiger partial charge on any atom is 0.220 e. The van der Waals surface area contributed by atoms with Gasteiger partial charge in [0.1, 0.15) is 0 Å². The van der Waals surface area contributed by atoms with Crippen molar-refractivity contribution < 1.29 is 9.53 Å². The van der Waals surface area contributed by atoms with Crippen LogP contribution in [0.2, 0.25) is 0 Å². The second kappa shape index (κ2) is 10.4. The van der Waals surface area contributed by atoms with Gasteiger partial charge < -0.3 is 10.1 Å². The number of benzene rings is 2. The molecule has 0 saturated carbocycles. The van der Waals surface area contributed by atoms with E-state index in [0.29, 0.717) is 13.0 Å². The van der Waals surface area contributed by atoms with Gasteiger partial charge in [0.15, 0.2) is 0 Å². The van der Waals surface area contributed by atoms with Crippen molar-refractivity contribution in [2.45, 2.75) is 39.2 Å². The van der Waals surface area contributed by atoms with Crippen LogP contribution in [0.1, 0.15) is 41.6 Å². The van der Waals surface area contributed by atoms with Gasteiger partial charge in [0.05, 0.1) is 19.3 Å². The van der Waals surface area contributed by atoms with Crippen LogP contribution < -0.4 is 5.32 Å². The molecular formula is C24H32N2O2. The molecule has 4 heteroatoms. The fraction of sp³-hybridized carbons (Fsp3) is 0.458. The molecule has 0 bridgehead atoms. The van der Waals surface area contributed by atoms with Gasteiger partial charge in [0.2, 0.25) is 5.91 Å². The molecule has 2 aromatic carbocycles. The Balaban J connectivity index is 1.58. The lowest BCUT2D eigenvalue weighted by Crippen LogP contribution is -2.43. The van der Waals surface area contributed by atoms with Crippen molar-refractivity contribution >= 4 is 5.91 Å². The fourth-order valence-electron chi connectivity index (χ4n) is 3.63. The largest absolute Gasteiger partial charge is 0.379 e. The molecule has 0 aromatic heterocycles. The van der Waals surface area contributed by atoms with Crippen LogP contribution in [0.5, 0.6) is 0 Å². The molecular weight excluding hydrogens is 348 g/mol. The third-order valence-electron chi connectivity index (χ3n) is 5.51. The van der Waals surface area contributed by atoms with Crippen molar-refractivity contribution in [1.82, 2.24) is 10.2 Å². The summed E-state index contributed by atoms with van der Waals surface area (Å²) in [4.78, 5) is 14.9. The lowest BCUT2D eigenvalue weighted by Gasteiger charge is -2.35. The second-order valence-corrected chi connectivity index (χ2v) is 7.55. The van der Waals surface area contributed by atoms with E-state index in [-0.39, 0.29) is 11.9 Å². The number of morpholine rings is 1. The van der Waals surface area contributed by atoms with Crippen molar-refractivity contribution in [3.8, 4) is 0 Å². The van der Waals surface area contributed by atoms with Crippen molar-refractivity contribution in [3.05, 3.63) is 70.8 Å². The fourth-order valence-corrected chi connectivity index (χ4v) is 3.63. The number of carbonyl (C=O) groups is 1. The lowest BCUT2D eigenvalue weighted by molar-refractivity contribution is -0.121. The maximum absolute atomic E-state index is 12.4. The zero-order valence-electron chi connectivity index (χ0n) is 17.1. The first-order valence-electron chi connectivity index (χ1n) is 10.4. The van der Waals surface area contributed by atoms with E-state index in [1.165, 1.54) is 22.3 Å². The number of carbonyl (C=O) groups excluding carboxylic acids is 1. The highest BCUT2D eigenvalue weighted by Crippen LogP contribution is 2.22. The number of amides is 1. The van der Waals surface area contributed by atoms with E-state index in [4.69, 9.17) is 4.74 Å².